The summed E-state index contributed by atoms with van der Waals surface area (Å²) >= 11 is 0. The summed E-state index contributed by atoms with van der Waals surface area (Å²) in [5, 5.41) is 8.09. The van der Waals surface area contributed by atoms with Crippen molar-refractivity contribution in [2.45, 2.75) is 20.8 Å². The van der Waals surface area contributed by atoms with Gasteiger partial charge in [0.15, 0.2) is 5.69 Å². The van der Waals surface area contributed by atoms with Crippen molar-refractivity contribution in [3.05, 3.63) is 41.2 Å². The van der Waals surface area contributed by atoms with Gasteiger partial charge in [-0.2, -0.15) is 0 Å². The van der Waals surface area contributed by atoms with E-state index in [0.717, 1.165) is 11.3 Å². The number of esters is 1. The highest BCUT2D eigenvalue weighted by Crippen LogP contribution is 2.15. The molecule has 0 aliphatic carbocycles. The van der Waals surface area contributed by atoms with Crippen LogP contribution in [0.15, 0.2) is 24.3 Å². The molecule has 1 aromatic heterocycles. The first-order valence-electron chi connectivity index (χ1n) is 7.67. The Hall–Kier alpha value is -2.70. The molecule has 0 aliphatic heterocycles. The molecule has 1 unspecified atom stereocenters. The molecule has 2 rings (SSSR count). The monoisotopic (exact) mass is 330 g/mol. The molecule has 0 N–H and O–H groups in total. The average Bonchev–Trinajstić information content (AvgIpc) is 2.95. The number of carbonyl (C=O) groups is 2. The summed E-state index contributed by atoms with van der Waals surface area (Å²) in [6.45, 7) is 5.77. The molecule has 1 atom stereocenters. The Morgan fingerprint density at radius 3 is 2.46 bits per heavy atom. The van der Waals surface area contributed by atoms with Crippen LogP contribution in [0.1, 0.15) is 28.7 Å². The zero-order valence-corrected chi connectivity index (χ0v) is 14.6. The highest BCUT2D eigenvalue weighted by molar-refractivity contribution is 5.93. The van der Waals surface area contributed by atoms with E-state index in [-0.39, 0.29) is 24.1 Å². The lowest BCUT2D eigenvalue weighted by molar-refractivity contribution is -0.145. The van der Waals surface area contributed by atoms with Gasteiger partial charge in [0.2, 0.25) is 0 Å². The second kappa shape index (κ2) is 7.25. The second-order valence-corrected chi connectivity index (χ2v) is 5.88. The number of hydrogen-bond donors (Lipinski definition) is 0. The number of amides is 1. The maximum absolute atomic E-state index is 12.6. The summed E-state index contributed by atoms with van der Waals surface area (Å²) in [4.78, 5) is 25.5. The summed E-state index contributed by atoms with van der Waals surface area (Å²) in [7, 11) is 2.96. The van der Waals surface area contributed by atoms with Crippen LogP contribution < -0.4 is 0 Å². The summed E-state index contributed by atoms with van der Waals surface area (Å²) < 4.78 is 6.31. The van der Waals surface area contributed by atoms with Crippen LogP contribution in [0.5, 0.6) is 0 Å². The van der Waals surface area contributed by atoms with Crippen LogP contribution in [0.2, 0.25) is 0 Å². The molecule has 0 spiro atoms. The van der Waals surface area contributed by atoms with Gasteiger partial charge in [0.05, 0.1) is 24.4 Å². The number of nitrogens with zero attached hydrogens (tertiary/aromatic N) is 4. The van der Waals surface area contributed by atoms with Gasteiger partial charge < -0.3 is 9.64 Å². The highest BCUT2D eigenvalue weighted by atomic mass is 16.5. The van der Waals surface area contributed by atoms with Crippen LogP contribution in [0.25, 0.3) is 5.69 Å². The first kappa shape index (κ1) is 17.7. The molecule has 1 aromatic carbocycles. The zero-order valence-electron chi connectivity index (χ0n) is 14.6. The summed E-state index contributed by atoms with van der Waals surface area (Å²) in [6.07, 6.45) is 0. The molecule has 128 valence electrons. The molecule has 1 amide bonds. The van der Waals surface area contributed by atoms with Gasteiger partial charge in [-0.3, -0.25) is 9.59 Å². The second-order valence-electron chi connectivity index (χ2n) is 5.88. The van der Waals surface area contributed by atoms with Gasteiger partial charge in [-0.1, -0.05) is 29.8 Å². The predicted molar refractivity (Wildman–Crippen MR) is 89.0 cm³/mol. The van der Waals surface area contributed by atoms with Crippen LogP contribution in [0.3, 0.4) is 0 Å². The van der Waals surface area contributed by atoms with Crippen molar-refractivity contribution in [2.24, 2.45) is 5.92 Å². The highest BCUT2D eigenvalue weighted by Gasteiger charge is 2.24. The van der Waals surface area contributed by atoms with E-state index in [1.807, 2.05) is 31.2 Å². The van der Waals surface area contributed by atoms with Crippen molar-refractivity contribution < 1.29 is 14.3 Å². The molecule has 7 nitrogen and oxygen atoms in total. The fourth-order valence-electron chi connectivity index (χ4n) is 2.41. The summed E-state index contributed by atoms with van der Waals surface area (Å²) in [5.74, 6) is -1.03. The van der Waals surface area contributed by atoms with Gasteiger partial charge in [0.25, 0.3) is 5.91 Å². The molecular formula is C17H22N4O3. The summed E-state index contributed by atoms with van der Waals surface area (Å²) in [6, 6.07) is 7.80. The molecular weight excluding hydrogens is 308 g/mol. The maximum atomic E-state index is 12.6. The Kier molecular flexibility index (Phi) is 5.33. The number of aryl methyl sites for hydroxylation is 1. The third-order valence-corrected chi connectivity index (χ3v) is 3.87. The van der Waals surface area contributed by atoms with Crippen LogP contribution in [0.4, 0.5) is 0 Å². The van der Waals surface area contributed by atoms with E-state index < -0.39 is 5.92 Å². The third kappa shape index (κ3) is 3.61. The van der Waals surface area contributed by atoms with E-state index in [2.05, 4.69) is 15.0 Å². The van der Waals surface area contributed by atoms with Gasteiger partial charge in [-0.15, -0.1) is 5.10 Å². The van der Waals surface area contributed by atoms with Crippen molar-refractivity contribution in [1.82, 2.24) is 19.9 Å². The van der Waals surface area contributed by atoms with E-state index in [0.29, 0.717) is 5.69 Å². The van der Waals surface area contributed by atoms with E-state index in [4.69, 9.17) is 0 Å². The minimum absolute atomic E-state index is 0.252. The van der Waals surface area contributed by atoms with Crippen molar-refractivity contribution in [1.29, 1.82) is 0 Å². The Balaban J connectivity index is 2.19. The van der Waals surface area contributed by atoms with Gasteiger partial charge in [0.1, 0.15) is 0 Å². The minimum Gasteiger partial charge on any atom is -0.469 e. The van der Waals surface area contributed by atoms with Crippen molar-refractivity contribution in [3.63, 3.8) is 0 Å². The molecule has 1 heterocycles. The number of aromatic nitrogens is 3. The third-order valence-electron chi connectivity index (χ3n) is 3.87. The molecule has 0 saturated carbocycles. The molecule has 0 saturated heterocycles. The van der Waals surface area contributed by atoms with E-state index in [9.17, 15) is 9.59 Å². The number of ether oxygens (including phenoxy) is 1. The molecule has 0 radical (unpaired) electrons. The fourth-order valence-corrected chi connectivity index (χ4v) is 2.41. The lowest BCUT2D eigenvalue weighted by Crippen LogP contribution is -2.34. The Labute approximate surface area is 141 Å². The molecule has 0 bridgehead atoms. The lowest BCUT2D eigenvalue weighted by Gasteiger charge is -2.19. The summed E-state index contributed by atoms with van der Waals surface area (Å²) in [5.41, 5.74) is 2.91. The van der Waals surface area contributed by atoms with Crippen LogP contribution in [-0.2, 0) is 9.53 Å². The Morgan fingerprint density at radius 2 is 1.88 bits per heavy atom. The normalized spacial score (nSPS) is 11.9. The zero-order chi connectivity index (χ0) is 17.9. The van der Waals surface area contributed by atoms with Gasteiger partial charge >= 0.3 is 5.97 Å². The topological polar surface area (TPSA) is 77.3 Å². The van der Waals surface area contributed by atoms with E-state index in [1.54, 1.807) is 25.6 Å². The van der Waals surface area contributed by atoms with Crippen LogP contribution in [0, 0.1) is 19.8 Å². The number of hydrogen-bond acceptors (Lipinski definition) is 5. The lowest BCUT2D eigenvalue weighted by atomic mass is 10.1. The largest absolute Gasteiger partial charge is 0.469 e. The average molecular weight is 330 g/mol. The standard InChI is InChI=1S/C17H22N4O3/c1-11-6-8-14(9-7-11)21-13(3)15(18-19-21)16(22)20(4)10-12(2)17(23)24-5/h6-9,12H,10H2,1-5H3. The first-order valence-corrected chi connectivity index (χ1v) is 7.67. The number of carbonyl (C=O) groups excluding carboxylic acids is 2. The van der Waals surface area contributed by atoms with E-state index >= 15 is 0 Å². The molecule has 0 fully saturated rings. The fraction of sp³-hybridized carbons (Fsp3) is 0.412. The smallest absolute Gasteiger partial charge is 0.310 e. The SMILES string of the molecule is COC(=O)C(C)CN(C)C(=O)c1nnn(-c2ccc(C)cc2)c1C. The quantitative estimate of drug-likeness (QED) is 0.781. The van der Waals surface area contributed by atoms with Crippen LogP contribution in [-0.4, -0.2) is 52.5 Å². The predicted octanol–water partition coefficient (Wildman–Crippen LogP) is 1.77. The number of methoxy groups -OCH3 is 1. The Morgan fingerprint density at radius 1 is 1.25 bits per heavy atom. The molecule has 2 aromatic rings. The molecule has 0 aliphatic rings. The number of benzene rings is 1. The van der Waals surface area contributed by atoms with Crippen molar-refractivity contribution >= 4 is 11.9 Å². The number of rotatable bonds is 5. The Bertz CT molecular complexity index is 737. The van der Waals surface area contributed by atoms with Crippen LogP contribution >= 0.6 is 0 Å². The van der Waals surface area contributed by atoms with Crippen molar-refractivity contribution in [3.8, 4) is 5.69 Å². The molecule has 7 heteroatoms. The first-order chi connectivity index (χ1) is 11.3. The van der Waals surface area contributed by atoms with Gasteiger partial charge in [0, 0.05) is 13.6 Å². The van der Waals surface area contributed by atoms with Gasteiger partial charge in [-0.25, -0.2) is 4.68 Å². The minimum atomic E-state index is -0.406. The van der Waals surface area contributed by atoms with E-state index in [1.165, 1.54) is 12.0 Å². The van der Waals surface area contributed by atoms with Crippen molar-refractivity contribution in [2.75, 3.05) is 20.7 Å². The van der Waals surface area contributed by atoms with Gasteiger partial charge in [-0.05, 0) is 26.0 Å². The maximum Gasteiger partial charge on any atom is 0.310 e. The molecule has 24 heavy (non-hydrogen) atoms.